The normalized spacial score (nSPS) is 18.4. The van der Waals surface area contributed by atoms with Crippen LogP contribution < -0.4 is 5.64 Å². The van der Waals surface area contributed by atoms with Crippen LogP contribution in [0.2, 0.25) is 0 Å². The molecule has 7 nitrogen and oxygen atoms in total. The van der Waals surface area contributed by atoms with E-state index in [-0.39, 0.29) is 24.4 Å². The van der Waals surface area contributed by atoms with Crippen LogP contribution in [0.25, 0.3) is 0 Å². The molecule has 198 valence electrons. The molecule has 1 aliphatic rings. The number of aliphatic hydroxyl groups is 1. The topological polar surface area (TPSA) is 85.3 Å². The van der Waals surface area contributed by atoms with Crippen molar-refractivity contribution in [1.29, 1.82) is 0 Å². The third-order valence-corrected chi connectivity index (χ3v) is 6.84. The molecule has 3 atom stereocenters. The number of nitrogens with zero attached hydrogens (tertiary/aromatic N) is 2. The highest BCUT2D eigenvalue weighted by Gasteiger charge is 2.37. The maximum atomic E-state index is 13.8. The number of halogens is 1. The summed E-state index contributed by atoms with van der Waals surface area (Å²) in [5, 5.41) is 19.6. The standard InChI is InChI=1S/C28H40FN3O4/c1-21(2)17-25-19-31(18-23-7-4-3-5-8-23)15-16-32(25)28(34)26(27(33)20-36-30-35)10-6-9-22-11-13-24(29)14-12-22/h3-5,7-8,11-14,21,25-27,30,33,35H,6,9-10,15-20H2,1-2H3/t25-,26+,27+/m0/s1. The first-order valence-electron chi connectivity index (χ1n) is 12.9. The Labute approximate surface area is 213 Å². The zero-order valence-corrected chi connectivity index (χ0v) is 21.4. The summed E-state index contributed by atoms with van der Waals surface area (Å²) in [5.41, 5.74) is 3.83. The van der Waals surface area contributed by atoms with Crippen LogP contribution in [0.1, 0.15) is 44.2 Å². The molecule has 0 saturated carbocycles. The predicted octanol–water partition coefficient (Wildman–Crippen LogP) is 3.80. The summed E-state index contributed by atoms with van der Waals surface area (Å²) in [5.74, 6) is -0.591. The number of aliphatic hydroxyl groups excluding tert-OH is 1. The molecule has 2 aromatic rings. The number of carbonyl (C=O) groups excluding carboxylic acids is 1. The van der Waals surface area contributed by atoms with E-state index in [2.05, 4.69) is 30.9 Å². The Morgan fingerprint density at radius 2 is 1.83 bits per heavy atom. The quantitative estimate of drug-likeness (QED) is 0.362. The van der Waals surface area contributed by atoms with E-state index >= 15 is 0 Å². The van der Waals surface area contributed by atoms with Crippen LogP contribution in [-0.4, -0.2) is 64.4 Å². The number of nitrogens with one attached hydrogen (secondary N) is 1. The molecular formula is C28H40FN3O4. The molecular weight excluding hydrogens is 461 g/mol. The van der Waals surface area contributed by atoms with Crippen molar-refractivity contribution < 1.29 is 24.3 Å². The maximum absolute atomic E-state index is 13.8. The van der Waals surface area contributed by atoms with Crippen molar-refractivity contribution in [2.45, 2.75) is 58.2 Å². The molecule has 0 radical (unpaired) electrons. The number of benzene rings is 2. The minimum absolute atomic E-state index is 0.0543. The molecule has 3 N–H and O–H groups in total. The van der Waals surface area contributed by atoms with Crippen LogP contribution in [0.5, 0.6) is 0 Å². The Kier molecular flexibility index (Phi) is 11.3. The minimum atomic E-state index is -1.06. The van der Waals surface area contributed by atoms with Gasteiger partial charge >= 0.3 is 0 Å². The van der Waals surface area contributed by atoms with Crippen LogP contribution in [0, 0.1) is 17.7 Å². The van der Waals surface area contributed by atoms with Gasteiger partial charge in [0.2, 0.25) is 5.91 Å². The third-order valence-electron chi connectivity index (χ3n) is 6.84. The van der Waals surface area contributed by atoms with Gasteiger partial charge < -0.3 is 10.0 Å². The molecule has 3 rings (SSSR count). The van der Waals surface area contributed by atoms with Crippen molar-refractivity contribution in [2.24, 2.45) is 11.8 Å². The van der Waals surface area contributed by atoms with Crippen LogP contribution in [0.4, 0.5) is 4.39 Å². The van der Waals surface area contributed by atoms with E-state index in [1.807, 2.05) is 23.1 Å². The van der Waals surface area contributed by atoms with E-state index in [0.717, 1.165) is 31.6 Å². The Balaban J connectivity index is 1.68. The number of hydrogen-bond acceptors (Lipinski definition) is 6. The molecule has 1 aliphatic heterocycles. The van der Waals surface area contributed by atoms with Crippen molar-refractivity contribution in [3.05, 3.63) is 71.5 Å². The second-order valence-electron chi connectivity index (χ2n) is 10.1. The zero-order chi connectivity index (χ0) is 25.9. The number of hydrogen-bond donors (Lipinski definition) is 3. The van der Waals surface area contributed by atoms with Gasteiger partial charge in [-0.1, -0.05) is 62.0 Å². The average molecular weight is 502 g/mol. The molecule has 0 aliphatic carbocycles. The first-order valence-corrected chi connectivity index (χ1v) is 12.9. The SMILES string of the molecule is CC(C)C[C@H]1CN(Cc2ccccc2)CCN1C(=O)[C@H](CCCc1ccc(F)cc1)[C@H](O)CONO. The molecule has 0 aromatic heterocycles. The second kappa shape index (κ2) is 14.4. The van der Waals surface area contributed by atoms with Crippen LogP contribution in [0.15, 0.2) is 54.6 Å². The van der Waals surface area contributed by atoms with Crippen LogP contribution >= 0.6 is 0 Å². The summed E-state index contributed by atoms with van der Waals surface area (Å²) in [4.78, 5) is 22.9. The Morgan fingerprint density at radius 3 is 2.50 bits per heavy atom. The molecule has 8 heteroatoms. The Hall–Kier alpha value is -2.36. The van der Waals surface area contributed by atoms with Crippen LogP contribution in [-0.2, 0) is 22.6 Å². The van der Waals surface area contributed by atoms with Crippen molar-refractivity contribution in [1.82, 2.24) is 15.4 Å². The van der Waals surface area contributed by atoms with Gasteiger partial charge in [-0.2, -0.15) is 0 Å². The molecule has 0 unspecified atom stereocenters. The highest BCUT2D eigenvalue weighted by molar-refractivity contribution is 5.80. The van der Waals surface area contributed by atoms with Gasteiger partial charge in [0.1, 0.15) is 5.82 Å². The number of aryl methyl sites for hydroxylation is 1. The van der Waals surface area contributed by atoms with E-state index in [1.54, 1.807) is 17.8 Å². The van der Waals surface area contributed by atoms with Crippen LogP contribution in [0.3, 0.4) is 0 Å². The zero-order valence-electron chi connectivity index (χ0n) is 21.4. The fraction of sp³-hybridized carbons (Fsp3) is 0.536. The summed E-state index contributed by atoms with van der Waals surface area (Å²) < 4.78 is 13.2. The predicted molar refractivity (Wildman–Crippen MR) is 136 cm³/mol. The summed E-state index contributed by atoms with van der Waals surface area (Å²) in [6, 6.07) is 16.7. The lowest BCUT2D eigenvalue weighted by atomic mass is 9.91. The lowest BCUT2D eigenvalue weighted by molar-refractivity contribution is -0.164. The number of rotatable bonds is 13. The molecule has 1 heterocycles. The van der Waals surface area contributed by atoms with Crippen molar-refractivity contribution in [2.75, 3.05) is 26.2 Å². The highest BCUT2D eigenvalue weighted by Crippen LogP contribution is 2.25. The van der Waals surface area contributed by atoms with E-state index in [1.165, 1.54) is 17.7 Å². The van der Waals surface area contributed by atoms with Gasteiger partial charge in [-0.15, -0.1) is 0 Å². The lowest BCUT2D eigenvalue weighted by Gasteiger charge is -2.44. The fourth-order valence-corrected chi connectivity index (χ4v) is 5.05. The molecule has 2 aromatic carbocycles. The molecule has 1 fully saturated rings. The average Bonchev–Trinajstić information content (AvgIpc) is 2.86. The number of piperazine rings is 1. The van der Waals surface area contributed by atoms with Gasteiger partial charge in [-0.05, 0) is 54.9 Å². The fourth-order valence-electron chi connectivity index (χ4n) is 5.05. The van der Waals surface area contributed by atoms with Gasteiger partial charge in [0.25, 0.3) is 0 Å². The smallest absolute Gasteiger partial charge is 0.228 e. The minimum Gasteiger partial charge on any atom is -0.390 e. The lowest BCUT2D eigenvalue weighted by Crippen LogP contribution is -2.57. The molecule has 1 amide bonds. The first kappa shape index (κ1) is 28.2. The largest absolute Gasteiger partial charge is 0.390 e. The van der Waals surface area contributed by atoms with Gasteiger partial charge in [0, 0.05) is 32.2 Å². The van der Waals surface area contributed by atoms with Gasteiger partial charge in [-0.3, -0.25) is 19.7 Å². The first-order chi connectivity index (χ1) is 17.4. The van der Waals surface area contributed by atoms with Gasteiger partial charge in [0.15, 0.2) is 0 Å². The summed E-state index contributed by atoms with van der Waals surface area (Å²) in [6.45, 7) is 7.12. The van der Waals surface area contributed by atoms with Crippen molar-refractivity contribution in [3.63, 3.8) is 0 Å². The summed E-state index contributed by atoms with van der Waals surface area (Å²) in [7, 11) is 0. The Morgan fingerprint density at radius 1 is 1.11 bits per heavy atom. The highest BCUT2D eigenvalue weighted by atomic mass is 19.1. The Bertz CT molecular complexity index is 913. The molecule has 0 bridgehead atoms. The molecule has 1 saturated heterocycles. The number of amides is 1. The van der Waals surface area contributed by atoms with Crippen molar-refractivity contribution >= 4 is 5.91 Å². The summed E-state index contributed by atoms with van der Waals surface area (Å²) >= 11 is 0. The maximum Gasteiger partial charge on any atom is 0.228 e. The molecule has 36 heavy (non-hydrogen) atoms. The van der Waals surface area contributed by atoms with E-state index in [9.17, 15) is 14.3 Å². The van der Waals surface area contributed by atoms with E-state index < -0.39 is 12.0 Å². The summed E-state index contributed by atoms with van der Waals surface area (Å²) in [6.07, 6.45) is 1.62. The van der Waals surface area contributed by atoms with E-state index in [4.69, 9.17) is 10.0 Å². The monoisotopic (exact) mass is 501 g/mol. The van der Waals surface area contributed by atoms with Gasteiger partial charge in [0.05, 0.1) is 18.6 Å². The second-order valence-corrected chi connectivity index (χ2v) is 10.1. The number of carbonyl (C=O) groups is 1. The molecule has 0 spiro atoms. The van der Waals surface area contributed by atoms with Gasteiger partial charge in [-0.25, -0.2) is 4.39 Å². The van der Waals surface area contributed by atoms with E-state index in [0.29, 0.717) is 31.7 Å². The van der Waals surface area contributed by atoms with Crippen molar-refractivity contribution in [3.8, 4) is 0 Å². The third kappa shape index (κ3) is 8.64.